The van der Waals surface area contributed by atoms with Gasteiger partial charge in [0.25, 0.3) is 11.5 Å². The number of fused-ring (bicyclic) bond motifs is 2. The van der Waals surface area contributed by atoms with Crippen LogP contribution in [0.25, 0.3) is 5.57 Å². The van der Waals surface area contributed by atoms with Gasteiger partial charge in [0, 0.05) is 22.6 Å². The van der Waals surface area contributed by atoms with Crippen LogP contribution in [0.1, 0.15) is 31.0 Å². The number of thiazole rings is 1. The summed E-state index contributed by atoms with van der Waals surface area (Å²) in [5, 5.41) is 0. The van der Waals surface area contributed by atoms with Gasteiger partial charge in [-0.05, 0) is 38.1 Å². The highest BCUT2D eigenvalue weighted by Crippen LogP contribution is 2.38. The van der Waals surface area contributed by atoms with Crippen molar-refractivity contribution in [3.8, 4) is 5.75 Å². The molecule has 0 bridgehead atoms. The fraction of sp³-hybridized carbons (Fsp3) is 0.231. The Kier molecular flexibility index (Phi) is 6.17. The summed E-state index contributed by atoms with van der Waals surface area (Å²) in [6.07, 6.45) is 0. The molecule has 2 aliphatic rings. The Morgan fingerprint density at radius 1 is 1.19 bits per heavy atom. The molecule has 3 aromatic rings. The van der Waals surface area contributed by atoms with E-state index in [4.69, 9.17) is 9.47 Å². The number of benzene rings is 2. The van der Waals surface area contributed by atoms with E-state index in [1.807, 2.05) is 36.4 Å². The molecule has 5 rings (SSSR count). The van der Waals surface area contributed by atoms with E-state index in [9.17, 15) is 14.4 Å². The Bertz CT molecular complexity index is 1650. The van der Waals surface area contributed by atoms with Gasteiger partial charge < -0.3 is 14.4 Å². The highest BCUT2D eigenvalue weighted by atomic mass is 79.9. The number of methoxy groups -OCH3 is 1. The Balaban J connectivity index is 1.87. The lowest BCUT2D eigenvalue weighted by atomic mass is 9.95. The first-order valence-corrected chi connectivity index (χ1v) is 12.8. The van der Waals surface area contributed by atoms with Gasteiger partial charge in [-0.2, -0.15) is 0 Å². The third kappa shape index (κ3) is 3.63. The molecule has 0 fully saturated rings. The Labute approximate surface area is 218 Å². The van der Waals surface area contributed by atoms with Crippen molar-refractivity contribution in [3.63, 3.8) is 0 Å². The summed E-state index contributed by atoms with van der Waals surface area (Å²) < 4.78 is 13.5. The van der Waals surface area contributed by atoms with E-state index in [1.54, 1.807) is 27.0 Å². The molecular weight excluding hydrogens is 546 g/mol. The molecule has 0 spiro atoms. The maximum absolute atomic E-state index is 14.1. The van der Waals surface area contributed by atoms with E-state index in [0.29, 0.717) is 32.9 Å². The predicted molar refractivity (Wildman–Crippen MR) is 140 cm³/mol. The molecule has 184 valence electrons. The zero-order valence-corrected chi connectivity index (χ0v) is 22.4. The standard InChI is InChI=1S/C26H22BrN3O5S/c1-5-35-25(33)19-13(2)28-26-30(21(19)16-12-14(27)10-11-18(16)34-4)24(32)22(36-26)20-15-8-6-7-9-17(15)29(3)23(20)31/h6-12,21H,5H2,1-4H3/b22-20+/t21-/m0/s1. The third-order valence-corrected chi connectivity index (χ3v) is 7.81. The molecule has 0 radical (unpaired) electrons. The van der Waals surface area contributed by atoms with Gasteiger partial charge in [-0.25, -0.2) is 9.79 Å². The van der Waals surface area contributed by atoms with Crippen molar-refractivity contribution in [2.45, 2.75) is 19.9 Å². The number of para-hydroxylation sites is 1. The minimum Gasteiger partial charge on any atom is -0.496 e. The van der Waals surface area contributed by atoms with Crippen LogP contribution in [0.5, 0.6) is 5.75 Å². The van der Waals surface area contributed by atoms with Gasteiger partial charge in [0.15, 0.2) is 4.80 Å². The lowest BCUT2D eigenvalue weighted by Crippen LogP contribution is -2.41. The van der Waals surface area contributed by atoms with E-state index in [1.165, 1.54) is 16.6 Å². The Morgan fingerprint density at radius 2 is 1.94 bits per heavy atom. The van der Waals surface area contributed by atoms with Gasteiger partial charge in [-0.15, -0.1) is 0 Å². The minimum absolute atomic E-state index is 0.171. The van der Waals surface area contributed by atoms with Crippen LogP contribution in [0.2, 0.25) is 0 Å². The topological polar surface area (TPSA) is 90.2 Å². The first-order chi connectivity index (χ1) is 17.3. The lowest BCUT2D eigenvalue weighted by Gasteiger charge is -2.26. The van der Waals surface area contributed by atoms with E-state index >= 15 is 0 Å². The summed E-state index contributed by atoms with van der Waals surface area (Å²) in [5.41, 5.74) is 2.62. The maximum atomic E-state index is 14.1. The number of esters is 1. The molecular formula is C26H22BrN3O5S. The van der Waals surface area contributed by atoms with Gasteiger partial charge in [0.1, 0.15) is 16.3 Å². The Hall–Kier alpha value is -3.50. The minimum atomic E-state index is -0.855. The van der Waals surface area contributed by atoms with Crippen LogP contribution >= 0.6 is 27.3 Å². The van der Waals surface area contributed by atoms with Gasteiger partial charge in [0.05, 0.1) is 36.2 Å². The number of hydrogen-bond donors (Lipinski definition) is 0. The highest BCUT2D eigenvalue weighted by Gasteiger charge is 2.37. The van der Waals surface area contributed by atoms with E-state index < -0.39 is 17.6 Å². The number of carbonyl (C=O) groups is 2. The number of hydrogen-bond acceptors (Lipinski definition) is 7. The van der Waals surface area contributed by atoms with Crippen molar-refractivity contribution in [2.75, 3.05) is 25.7 Å². The van der Waals surface area contributed by atoms with Crippen molar-refractivity contribution in [1.82, 2.24) is 4.57 Å². The van der Waals surface area contributed by atoms with Gasteiger partial charge in [-0.1, -0.05) is 45.5 Å². The molecule has 1 amide bonds. The van der Waals surface area contributed by atoms with Crippen molar-refractivity contribution >= 4 is 50.4 Å². The second-order valence-electron chi connectivity index (χ2n) is 8.27. The first-order valence-electron chi connectivity index (χ1n) is 11.2. The molecule has 2 aliphatic heterocycles. The summed E-state index contributed by atoms with van der Waals surface area (Å²) in [4.78, 5) is 47.0. The summed E-state index contributed by atoms with van der Waals surface area (Å²) in [7, 11) is 3.21. The molecule has 36 heavy (non-hydrogen) atoms. The Morgan fingerprint density at radius 3 is 2.67 bits per heavy atom. The predicted octanol–water partition coefficient (Wildman–Crippen LogP) is 2.92. The van der Waals surface area contributed by atoms with Crippen molar-refractivity contribution < 1.29 is 19.1 Å². The molecule has 8 nitrogen and oxygen atoms in total. The maximum Gasteiger partial charge on any atom is 0.338 e. The number of halogens is 1. The first kappa shape index (κ1) is 24.2. The summed E-state index contributed by atoms with van der Waals surface area (Å²) in [6, 6.07) is 11.9. The molecule has 3 heterocycles. The van der Waals surface area contributed by atoms with Gasteiger partial charge in [-0.3, -0.25) is 14.2 Å². The number of nitrogens with zero attached hydrogens (tertiary/aromatic N) is 3. The number of rotatable bonds is 4. The zero-order valence-electron chi connectivity index (χ0n) is 20.0. The van der Waals surface area contributed by atoms with Crippen LogP contribution in [0.3, 0.4) is 0 Å². The summed E-state index contributed by atoms with van der Waals surface area (Å²) in [5.74, 6) is -0.329. The second kappa shape index (κ2) is 9.18. The number of amides is 1. The normalized spacial score (nSPS) is 18.1. The SMILES string of the molecule is CCOC(=O)C1=C(C)N=c2s/c(=C3/C(=O)N(C)c4ccccc43)c(=O)n2[C@H]1c1cc(Br)ccc1OC. The molecule has 2 aromatic carbocycles. The van der Waals surface area contributed by atoms with Crippen LogP contribution < -0.4 is 24.5 Å². The molecule has 1 atom stereocenters. The van der Waals surface area contributed by atoms with E-state index in [0.717, 1.165) is 21.5 Å². The summed E-state index contributed by atoms with van der Waals surface area (Å²) >= 11 is 4.63. The van der Waals surface area contributed by atoms with Crippen LogP contribution in [0.4, 0.5) is 5.69 Å². The lowest BCUT2D eigenvalue weighted by molar-refractivity contribution is -0.139. The molecule has 0 N–H and O–H groups in total. The number of aromatic nitrogens is 1. The fourth-order valence-corrected chi connectivity index (χ4v) is 6.16. The quantitative estimate of drug-likeness (QED) is 0.452. The fourth-order valence-electron chi connectivity index (χ4n) is 4.64. The third-order valence-electron chi connectivity index (χ3n) is 6.26. The summed E-state index contributed by atoms with van der Waals surface area (Å²) in [6.45, 7) is 3.61. The average Bonchev–Trinajstić information content (AvgIpc) is 3.31. The molecule has 0 saturated heterocycles. The largest absolute Gasteiger partial charge is 0.496 e. The van der Waals surface area contributed by atoms with Crippen molar-refractivity contribution in [3.05, 3.63) is 89.0 Å². The monoisotopic (exact) mass is 567 g/mol. The van der Waals surface area contributed by atoms with E-state index in [2.05, 4.69) is 20.9 Å². The van der Waals surface area contributed by atoms with E-state index in [-0.39, 0.29) is 22.6 Å². The molecule has 0 unspecified atom stereocenters. The molecule has 0 aliphatic carbocycles. The highest BCUT2D eigenvalue weighted by molar-refractivity contribution is 9.10. The van der Waals surface area contributed by atoms with Gasteiger partial charge >= 0.3 is 5.97 Å². The molecule has 10 heteroatoms. The smallest absolute Gasteiger partial charge is 0.338 e. The second-order valence-corrected chi connectivity index (χ2v) is 10.2. The number of likely N-dealkylation sites (N-methyl/N-ethyl adjacent to an activating group) is 1. The zero-order chi connectivity index (χ0) is 25.7. The van der Waals surface area contributed by atoms with Crippen LogP contribution in [0, 0.1) is 0 Å². The number of allylic oxidation sites excluding steroid dienone is 1. The number of anilines is 1. The van der Waals surface area contributed by atoms with Crippen molar-refractivity contribution in [2.24, 2.45) is 4.99 Å². The molecule has 0 saturated carbocycles. The average molecular weight is 568 g/mol. The molecule has 1 aromatic heterocycles. The number of ether oxygens (including phenoxy) is 2. The van der Waals surface area contributed by atoms with Crippen LogP contribution in [-0.2, 0) is 14.3 Å². The number of carbonyl (C=O) groups excluding carboxylic acids is 2. The van der Waals surface area contributed by atoms with Crippen molar-refractivity contribution in [1.29, 1.82) is 0 Å². The van der Waals surface area contributed by atoms with Gasteiger partial charge in [0.2, 0.25) is 0 Å². The van der Waals surface area contributed by atoms with Crippen LogP contribution in [-0.4, -0.2) is 37.2 Å². The van der Waals surface area contributed by atoms with Crippen LogP contribution in [0.15, 0.2) is 68.0 Å².